The van der Waals surface area contributed by atoms with Crippen LogP contribution < -0.4 is 0 Å². The van der Waals surface area contributed by atoms with Crippen molar-refractivity contribution >= 4 is 6.29 Å². The normalized spacial score (nSPS) is 49.6. The number of hydrogen-bond acceptors (Lipinski definition) is 2. The minimum absolute atomic E-state index is 0.0295. The van der Waals surface area contributed by atoms with Crippen molar-refractivity contribution in [2.24, 2.45) is 5.41 Å². The van der Waals surface area contributed by atoms with Gasteiger partial charge in [-0.25, -0.2) is 0 Å². The van der Waals surface area contributed by atoms with Gasteiger partial charge in [0.05, 0.1) is 0 Å². The molecule has 0 aromatic carbocycles. The SMILES string of the molecule is CC1(C)CCC[C@@]2(C)O[C@@]12C=O. The van der Waals surface area contributed by atoms with E-state index in [4.69, 9.17) is 4.74 Å². The predicted octanol–water partition coefficient (Wildman–Crippen LogP) is 1.92. The minimum atomic E-state index is -0.460. The summed E-state index contributed by atoms with van der Waals surface area (Å²) in [6, 6.07) is 0. The van der Waals surface area contributed by atoms with Gasteiger partial charge in [-0.15, -0.1) is 0 Å². The van der Waals surface area contributed by atoms with Crippen LogP contribution in [-0.2, 0) is 9.53 Å². The Morgan fingerprint density at radius 1 is 1.25 bits per heavy atom. The molecule has 1 heterocycles. The van der Waals surface area contributed by atoms with Gasteiger partial charge in [0, 0.05) is 5.41 Å². The number of ether oxygens (including phenoxy) is 1. The van der Waals surface area contributed by atoms with Crippen molar-refractivity contribution in [1.82, 2.24) is 0 Å². The quantitative estimate of drug-likeness (QED) is 0.442. The smallest absolute Gasteiger partial charge is 0.157 e. The van der Waals surface area contributed by atoms with E-state index in [2.05, 4.69) is 20.8 Å². The van der Waals surface area contributed by atoms with Crippen LogP contribution in [0.15, 0.2) is 0 Å². The van der Waals surface area contributed by atoms with E-state index >= 15 is 0 Å². The molecule has 2 nitrogen and oxygen atoms in total. The van der Waals surface area contributed by atoms with Gasteiger partial charge in [-0.3, -0.25) is 4.79 Å². The van der Waals surface area contributed by atoms with Crippen LogP contribution in [0.25, 0.3) is 0 Å². The van der Waals surface area contributed by atoms with Crippen molar-refractivity contribution in [2.45, 2.75) is 51.2 Å². The van der Waals surface area contributed by atoms with Gasteiger partial charge >= 0.3 is 0 Å². The lowest BCUT2D eigenvalue weighted by molar-refractivity contribution is -0.116. The minimum Gasteiger partial charge on any atom is -0.354 e. The Labute approximate surface area is 73.3 Å². The highest BCUT2D eigenvalue weighted by Crippen LogP contribution is 2.63. The molecule has 0 aromatic rings. The van der Waals surface area contributed by atoms with Crippen LogP contribution in [0.4, 0.5) is 0 Å². The van der Waals surface area contributed by atoms with E-state index in [-0.39, 0.29) is 11.0 Å². The maximum Gasteiger partial charge on any atom is 0.157 e. The average Bonchev–Trinajstić information content (AvgIpc) is 2.58. The molecule has 2 heteroatoms. The zero-order valence-corrected chi connectivity index (χ0v) is 8.02. The molecule has 0 amide bonds. The summed E-state index contributed by atoms with van der Waals surface area (Å²) in [5, 5.41) is 0. The van der Waals surface area contributed by atoms with Crippen molar-refractivity contribution in [3.63, 3.8) is 0 Å². The first-order chi connectivity index (χ1) is 5.47. The fourth-order valence-corrected chi connectivity index (χ4v) is 2.78. The van der Waals surface area contributed by atoms with Crippen LogP contribution in [-0.4, -0.2) is 17.5 Å². The molecule has 1 saturated heterocycles. The highest BCUT2D eigenvalue weighted by Gasteiger charge is 2.74. The van der Waals surface area contributed by atoms with Gasteiger partial charge in [0.1, 0.15) is 5.60 Å². The van der Waals surface area contributed by atoms with Crippen LogP contribution in [0.1, 0.15) is 40.0 Å². The number of hydrogen-bond donors (Lipinski definition) is 0. The predicted molar refractivity (Wildman–Crippen MR) is 45.9 cm³/mol. The van der Waals surface area contributed by atoms with E-state index in [0.717, 1.165) is 19.1 Å². The maximum atomic E-state index is 11.0. The first-order valence-corrected chi connectivity index (χ1v) is 4.64. The second kappa shape index (κ2) is 1.92. The maximum absolute atomic E-state index is 11.0. The lowest BCUT2D eigenvalue weighted by Crippen LogP contribution is -2.43. The third-order valence-electron chi connectivity index (χ3n) is 3.76. The van der Waals surface area contributed by atoms with Crippen LogP contribution in [0.5, 0.6) is 0 Å². The van der Waals surface area contributed by atoms with Crippen molar-refractivity contribution in [2.75, 3.05) is 0 Å². The van der Waals surface area contributed by atoms with E-state index < -0.39 is 5.60 Å². The summed E-state index contributed by atoms with van der Waals surface area (Å²) in [4.78, 5) is 11.0. The molecule has 0 aromatic heterocycles. The summed E-state index contributed by atoms with van der Waals surface area (Å²) >= 11 is 0. The fraction of sp³-hybridized carbons (Fsp3) is 0.900. The van der Waals surface area contributed by atoms with Crippen LogP contribution in [0.3, 0.4) is 0 Å². The van der Waals surface area contributed by atoms with Crippen molar-refractivity contribution in [1.29, 1.82) is 0 Å². The number of fused-ring (bicyclic) bond motifs is 1. The summed E-state index contributed by atoms with van der Waals surface area (Å²) < 4.78 is 5.65. The highest BCUT2D eigenvalue weighted by molar-refractivity contribution is 5.72. The van der Waals surface area contributed by atoms with E-state index in [1.807, 2.05) is 0 Å². The Bertz CT molecular complexity index is 234. The highest BCUT2D eigenvalue weighted by atomic mass is 16.6. The number of carbonyl (C=O) groups excluding carboxylic acids is 1. The molecule has 68 valence electrons. The van der Waals surface area contributed by atoms with Crippen LogP contribution in [0.2, 0.25) is 0 Å². The van der Waals surface area contributed by atoms with Crippen LogP contribution in [0, 0.1) is 5.41 Å². The van der Waals surface area contributed by atoms with Crippen molar-refractivity contribution < 1.29 is 9.53 Å². The molecule has 1 aliphatic heterocycles. The summed E-state index contributed by atoms with van der Waals surface area (Å²) in [7, 11) is 0. The molecule has 2 atom stereocenters. The Balaban J connectivity index is 2.36. The topological polar surface area (TPSA) is 29.6 Å². The Kier molecular flexibility index (Phi) is 1.32. The van der Waals surface area contributed by atoms with Gasteiger partial charge < -0.3 is 4.74 Å². The van der Waals surface area contributed by atoms with Crippen LogP contribution >= 0.6 is 0 Å². The zero-order chi connectivity index (χ0) is 9.04. The summed E-state index contributed by atoms with van der Waals surface area (Å²) in [5.41, 5.74) is -0.573. The molecular weight excluding hydrogens is 152 g/mol. The molecule has 1 aliphatic carbocycles. The molecule has 2 fully saturated rings. The first kappa shape index (κ1) is 8.24. The third-order valence-corrected chi connectivity index (χ3v) is 3.76. The molecule has 0 bridgehead atoms. The van der Waals surface area contributed by atoms with Gasteiger partial charge in [0.25, 0.3) is 0 Å². The Morgan fingerprint density at radius 3 is 2.33 bits per heavy atom. The monoisotopic (exact) mass is 168 g/mol. The molecule has 0 radical (unpaired) electrons. The third kappa shape index (κ3) is 0.674. The molecule has 2 rings (SSSR count). The summed E-state index contributed by atoms with van der Waals surface area (Å²) in [5.74, 6) is 0. The largest absolute Gasteiger partial charge is 0.354 e. The number of rotatable bonds is 1. The van der Waals surface area contributed by atoms with Gasteiger partial charge in [-0.2, -0.15) is 0 Å². The van der Waals surface area contributed by atoms with Gasteiger partial charge in [-0.1, -0.05) is 13.8 Å². The molecular formula is C10H16O2. The number of epoxide rings is 1. The van der Waals surface area contributed by atoms with Crippen molar-refractivity contribution in [3.05, 3.63) is 0 Å². The number of aldehydes is 1. The zero-order valence-electron chi connectivity index (χ0n) is 8.02. The summed E-state index contributed by atoms with van der Waals surface area (Å²) in [6.07, 6.45) is 4.34. The van der Waals surface area contributed by atoms with E-state index in [1.54, 1.807) is 0 Å². The second-order valence-electron chi connectivity index (χ2n) is 4.92. The van der Waals surface area contributed by atoms with E-state index in [9.17, 15) is 4.79 Å². The molecule has 1 saturated carbocycles. The van der Waals surface area contributed by atoms with E-state index in [1.165, 1.54) is 6.42 Å². The molecule has 2 aliphatic rings. The van der Waals surface area contributed by atoms with Gasteiger partial charge in [0.15, 0.2) is 11.9 Å². The van der Waals surface area contributed by atoms with Crippen molar-refractivity contribution in [3.8, 4) is 0 Å². The second-order valence-corrected chi connectivity index (χ2v) is 4.92. The van der Waals surface area contributed by atoms with E-state index in [0.29, 0.717) is 0 Å². The average molecular weight is 168 g/mol. The molecule has 0 N–H and O–H groups in total. The lowest BCUT2D eigenvalue weighted by atomic mass is 9.65. The Morgan fingerprint density at radius 2 is 1.92 bits per heavy atom. The molecule has 0 unspecified atom stereocenters. The number of carbonyl (C=O) groups is 1. The Hall–Kier alpha value is -0.370. The molecule has 0 spiro atoms. The standard InChI is InChI=1S/C10H16O2/c1-8(2)5-4-6-9(3)10(8,7-11)12-9/h7H,4-6H2,1-3H3/t9-,10+/m1/s1. The summed E-state index contributed by atoms with van der Waals surface area (Å²) in [6.45, 7) is 6.32. The molecule has 12 heavy (non-hydrogen) atoms. The van der Waals surface area contributed by atoms with Gasteiger partial charge in [-0.05, 0) is 26.2 Å². The lowest BCUT2D eigenvalue weighted by Gasteiger charge is -2.34. The van der Waals surface area contributed by atoms with Gasteiger partial charge in [0.2, 0.25) is 0 Å². The fourth-order valence-electron chi connectivity index (χ4n) is 2.78. The first-order valence-electron chi connectivity index (χ1n) is 4.64.